The molecule has 1 unspecified atom stereocenters. The van der Waals surface area contributed by atoms with Crippen molar-refractivity contribution in [3.8, 4) is 0 Å². The summed E-state index contributed by atoms with van der Waals surface area (Å²) in [7, 11) is 0. The van der Waals surface area contributed by atoms with Crippen molar-refractivity contribution in [1.29, 1.82) is 0 Å². The molecule has 0 aliphatic rings. The average molecular weight is 807 g/mol. The molecule has 4 N–H and O–H groups in total. The van der Waals surface area contributed by atoms with E-state index in [0.717, 1.165) is 5.56 Å². The molecular formula is C39H62N6O12. The molecule has 0 heterocycles. The summed E-state index contributed by atoms with van der Waals surface area (Å²) in [5, 5.41) is 9.51. The summed E-state index contributed by atoms with van der Waals surface area (Å²) in [6.45, 7) is 23.9. The van der Waals surface area contributed by atoms with Gasteiger partial charge >= 0.3 is 30.3 Å². The molecular weight excluding hydrogens is 744 g/mol. The molecule has 0 fully saturated rings. The minimum Gasteiger partial charge on any atom is -0.495 e. The number of hydrogen-bond donors (Lipinski definition) is 4. The molecule has 0 spiro atoms. The van der Waals surface area contributed by atoms with Gasteiger partial charge < -0.3 is 33.2 Å². The fourth-order valence-electron chi connectivity index (χ4n) is 3.90. The van der Waals surface area contributed by atoms with Gasteiger partial charge in [-0.05, 0) is 88.6 Å². The predicted octanol–water partition coefficient (Wildman–Crippen LogP) is 6.24. The third-order valence-corrected chi connectivity index (χ3v) is 5.91. The number of nitrogens with one attached hydrogen (secondary N) is 4. The van der Waals surface area contributed by atoms with Crippen molar-refractivity contribution in [1.82, 2.24) is 21.3 Å². The van der Waals surface area contributed by atoms with Gasteiger partial charge in [0.15, 0.2) is 6.10 Å². The third-order valence-electron chi connectivity index (χ3n) is 5.91. The summed E-state index contributed by atoms with van der Waals surface area (Å²) in [5.74, 6) is -0.916. The molecule has 0 aliphatic heterocycles. The van der Waals surface area contributed by atoms with Crippen LogP contribution < -0.4 is 21.3 Å². The fraction of sp³-hybridized carbons (Fsp3) is 0.615. The lowest BCUT2D eigenvalue weighted by Gasteiger charge is -2.22. The van der Waals surface area contributed by atoms with E-state index in [2.05, 4.69) is 37.8 Å². The number of alkyl carbamates (subject to hydrolysis) is 4. The summed E-state index contributed by atoms with van der Waals surface area (Å²) in [6, 6.07) is 9.38. The first-order chi connectivity index (χ1) is 26.2. The predicted molar refractivity (Wildman–Crippen MR) is 212 cm³/mol. The lowest BCUT2D eigenvalue weighted by Crippen LogP contribution is -2.47. The average Bonchev–Trinajstić information content (AvgIpc) is 3.00. The summed E-state index contributed by atoms with van der Waals surface area (Å²) in [5.41, 5.74) is -2.36. The van der Waals surface area contributed by atoms with E-state index >= 15 is 0 Å². The molecule has 1 aromatic carbocycles. The Hall–Kier alpha value is -5.39. The number of nitrogens with zero attached hydrogens (tertiary/aromatic N) is 2. The second-order valence-electron chi connectivity index (χ2n) is 16.4. The van der Waals surface area contributed by atoms with Crippen LogP contribution in [0.5, 0.6) is 0 Å². The molecule has 0 bridgehead atoms. The monoisotopic (exact) mass is 806 g/mol. The second-order valence-corrected chi connectivity index (χ2v) is 16.4. The minimum absolute atomic E-state index is 0.0176. The molecule has 57 heavy (non-hydrogen) atoms. The van der Waals surface area contributed by atoms with Crippen LogP contribution in [0.15, 0.2) is 52.7 Å². The Bertz CT molecular complexity index is 1490. The van der Waals surface area contributed by atoms with E-state index in [0.29, 0.717) is 0 Å². The molecule has 18 heteroatoms. The Morgan fingerprint density at radius 2 is 0.982 bits per heavy atom. The van der Waals surface area contributed by atoms with Gasteiger partial charge in [-0.1, -0.05) is 36.9 Å². The number of rotatable bonds is 14. The zero-order valence-corrected chi connectivity index (χ0v) is 35.4. The quantitative estimate of drug-likeness (QED) is 0.0540. The van der Waals surface area contributed by atoms with Crippen LogP contribution in [0.2, 0.25) is 0 Å². The van der Waals surface area contributed by atoms with Gasteiger partial charge in [-0.2, -0.15) is 0 Å². The van der Waals surface area contributed by atoms with Gasteiger partial charge in [0, 0.05) is 13.0 Å². The highest BCUT2D eigenvalue weighted by atomic mass is 16.6. The largest absolute Gasteiger partial charge is 0.495 e. The molecule has 0 aliphatic carbocycles. The highest BCUT2D eigenvalue weighted by Crippen LogP contribution is 2.11. The van der Waals surface area contributed by atoms with E-state index < -0.39 is 58.9 Å². The number of ether oxygens (including phenoxy) is 7. The van der Waals surface area contributed by atoms with Crippen LogP contribution >= 0.6 is 0 Å². The second kappa shape index (κ2) is 23.0. The molecule has 0 radical (unpaired) electrons. The molecule has 0 aromatic heterocycles. The van der Waals surface area contributed by atoms with Crippen molar-refractivity contribution in [2.45, 2.75) is 131 Å². The maximum atomic E-state index is 13.0. The number of carbonyl (C=O) groups excluding carboxylic acids is 5. The highest BCUT2D eigenvalue weighted by Gasteiger charge is 2.23. The lowest BCUT2D eigenvalue weighted by atomic mass is 10.2. The Balaban J connectivity index is 2.99. The first-order valence-corrected chi connectivity index (χ1v) is 18.4. The normalized spacial score (nSPS) is 12.1. The smallest absolute Gasteiger partial charge is 0.414 e. The van der Waals surface area contributed by atoms with E-state index in [1.54, 1.807) is 83.1 Å². The number of hydrogen-bond acceptors (Lipinski definition) is 14. The van der Waals surface area contributed by atoms with Crippen molar-refractivity contribution in [3.05, 3.63) is 48.2 Å². The van der Waals surface area contributed by atoms with E-state index in [-0.39, 0.29) is 63.4 Å². The number of aliphatic imine (C=N–C) groups is 2. The molecule has 18 nitrogen and oxygen atoms in total. The molecule has 320 valence electrons. The molecule has 1 aromatic rings. The number of carbonyl (C=O) groups is 5. The van der Waals surface area contributed by atoms with Gasteiger partial charge in [-0.3, -0.25) is 36.0 Å². The van der Waals surface area contributed by atoms with Gasteiger partial charge in [0.05, 0.1) is 31.9 Å². The SMILES string of the molecule is C=C(CCN=C(NC(=O)OC(C)(C)C)NC(=O)OC(C)(C)C)OCC(COCc1ccccc1)OC(=O)CCN=C(NC(=O)OC(C)(C)C)NC(=O)OC(C)(C)C. The van der Waals surface area contributed by atoms with Gasteiger partial charge in [0.25, 0.3) is 0 Å². The van der Waals surface area contributed by atoms with Crippen molar-refractivity contribution in [2.24, 2.45) is 9.98 Å². The maximum absolute atomic E-state index is 13.0. The van der Waals surface area contributed by atoms with Gasteiger partial charge in [-0.15, -0.1) is 0 Å². The van der Waals surface area contributed by atoms with Crippen molar-refractivity contribution >= 4 is 42.3 Å². The van der Waals surface area contributed by atoms with E-state index in [4.69, 9.17) is 33.2 Å². The third kappa shape index (κ3) is 27.8. The van der Waals surface area contributed by atoms with Crippen molar-refractivity contribution in [3.63, 3.8) is 0 Å². The zero-order chi connectivity index (χ0) is 43.5. The summed E-state index contributed by atoms with van der Waals surface area (Å²) in [4.78, 5) is 70.9. The molecule has 4 amide bonds. The van der Waals surface area contributed by atoms with Crippen LogP contribution in [-0.2, 0) is 44.6 Å². The van der Waals surface area contributed by atoms with Crippen LogP contribution in [0.25, 0.3) is 0 Å². The highest BCUT2D eigenvalue weighted by molar-refractivity contribution is 6.02. The van der Waals surface area contributed by atoms with Gasteiger partial charge in [-0.25, -0.2) is 19.2 Å². The van der Waals surface area contributed by atoms with Crippen molar-refractivity contribution < 1.29 is 57.1 Å². The fourth-order valence-corrected chi connectivity index (χ4v) is 3.90. The molecule has 1 atom stereocenters. The van der Waals surface area contributed by atoms with Gasteiger partial charge in [0.1, 0.15) is 29.0 Å². The number of amides is 4. The molecule has 1 rings (SSSR count). The Morgan fingerprint density at radius 3 is 1.37 bits per heavy atom. The van der Waals surface area contributed by atoms with E-state index in [9.17, 15) is 24.0 Å². The summed E-state index contributed by atoms with van der Waals surface area (Å²) < 4.78 is 38.3. The van der Waals surface area contributed by atoms with Crippen LogP contribution in [0.1, 0.15) is 101 Å². The van der Waals surface area contributed by atoms with Crippen LogP contribution in [0.3, 0.4) is 0 Å². The summed E-state index contributed by atoms with van der Waals surface area (Å²) >= 11 is 0. The van der Waals surface area contributed by atoms with Crippen molar-refractivity contribution in [2.75, 3.05) is 26.3 Å². The topological polar surface area (TPSA) is 223 Å². The Kier molecular flexibility index (Phi) is 20.0. The Labute approximate surface area is 335 Å². The van der Waals surface area contributed by atoms with E-state index in [1.807, 2.05) is 30.3 Å². The first kappa shape index (κ1) is 49.6. The Morgan fingerprint density at radius 1 is 0.596 bits per heavy atom. The number of guanidine groups is 2. The minimum atomic E-state index is -0.886. The maximum Gasteiger partial charge on any atom is 0.414 e. The van der Waals surface area contributed by atoms with E-state index in [1.165, 1.54) is 0 Å². The van der Waals surface area contributed by atoms with Crippen LogP contribution in [0, 0.1) is 0 Å². The lowest BCUT2D eigenvalue weighted by molar-refractivity contribution is -0.155. The molecule has 0 saturated carbocycles. The zero-order valence-electron chi connectivity index (χ0n) is 35.4. The standard InChI is InChI=1S/C39H62N6O12/c1-26(19-21-40-30(42-32(47)54-36(2,3)4)43-33(48)55-37(5,6)7)52-25-28(24-51-23-27-17-15-14-16-18-27)53-29(46)20-22-41-31(44-34(49)56-38(8,9)10)45-35(50)57-39(11,12)13/h14-18,28H,1,19-25H2,2-13H3,(H2,40,42,43,47,48)(H2,41,44,45,49,50). The van der Waals surface area contributed by atoms with Crippen LogP contribution in [-0.4, -0.2) is 97.1 Å². The van der Waals surface area contributed by atoms with Crippen LogP contribution in [0.4, 0.5) is 19.2 Å². The number of esters is 1. The summed E-state index contributed by atoms with van der Waals surface area (Å²) in [6.07, 6.45) is -4.43. The molecule has 0 saturated heterocycles. The van der Waals surface area contributed by atoms with Gasteiger partial charge in [0.2, 0.25) is 11.9 Å². The first-order valence-electron chi connectivity index (χ1n) is 18.4. The number of benzene rings is 1.